The van der Waals surface area contributed by atoms with Crippen molar-refractivity contribution in [1.29, 1.82) is 0 Å². The van der Waals surface area contributed by atoms with Crippen LogP contribution in [0.4, 0.5) is 0 Å². The van der Waals surface area contributed by atoms with Crippen molar-refractivity contribution in [2.24, 2.45) is 0 Å². The van der Waals surface area contributed by atoms with E-state index in [9.17, 15) is 16.8 Å². The number of ether oxygens (including phenoxy) is 1. The van der Waals surface area contributed by atoms with Crippen molar-refractivity contribution >= 4 is 47.3 Å². The summed E-state index contributed by atoms with van der Waals surface area (Å²) in [5, 5.41) is 0. The van der Waals surface area contributed by atoms with Crippen LogP contribution in [0.5, 0.6) is 11.5 Å². The molecule has 1 aliphatic heterocycles. The fourth-order valence-electron chi connectivity index (χ4n) is 3.24. The van der Waals surface area contributed by atoms with E-state index in [-0.39, 0.29) is 26.1 Å². The Morgan fingerprint density at radius 2 is 1.33 bits per heavy atom. The third-order valence-electron chi connectivity index (χ3n) is 4.36. The number of hydrogen-bond acceptors (Lipinski definition) is 7. The Morgan fingerprint density at radius 3 is 1.93 bits per heavy atom. The number of fused-ring (bicyclic) bond motifs is 2. The molecule has 0 fully saturated rings. The maximum atomic E-state index is 11.4. The van der Waals surface area contributed by atoms with Crippen LogP contribution in [0.15, 0.2) is 46.9 Å². The quantitative estimate of drug-likeness (QED) is 0.485. The largest absolute Gasteiger partial charge is 0.456 e. The van der Waals surface area contributed by atoms with Gasteiger partial charge < -0.3 is 4.74 Å². The number of halogens is 1. The van der Waals surface area contributed by atoms with Crippen LogP contribution in [0.2, 0.25) is 0 Å². The summed E-state index contributed by atoms with van der Waals surface area (Å²) in [6.07, 6.45) is 2.56. The summed E-state index contributed by atoms with van der Waals surface area (Å²) in [6.45, 7) is -0.110. The summed E-state index contributed by atoms with van der Waals surface area (Å²) < 4.78 is 62.7. The first-order valence-electron chi connectivity index (χ1n) is 9.01. The van der Waals surface area contributed by atoms with Gasteiger partial charge in [-0.3, -0.25) is 8.37 Å². The lowest BCUT2D eigenvalue weighted by Crippen LogP contribution is -2.07. The first kappa shape index (κ1) is 23.0. The second-order valence-corrected chi connectivity index (χ2v) is 11.0. The smallest absolute Gasteiger partial charge is 0.264 e. The maximum absolute atomic E-state index is 11.4. The van der Waals surface area contributed by atoms with Gasteiger partial charge in [0, 0.05) is 15.6 Å². The molecule has 0 amide bonds. The first-order chi connectivity index (χ1) is 14.0. The minimum absolute atomic E-state index is 0.0533. The van der Waals surface area contributed by atoms with Gasteiger partial charge in [0.05, 0.1) is 25.7 Å². The zero-order valence-electron chi connectivity index (χ0n) is 16.4. The molecule has 0 aliphatic carbocycles. The lowest BCUT2D eigenvalue weighted by atomic mass is 9.91. The van der Waals surface area contributed by atoms with Crippen molar-refractivity contribution in [2.75, 3.05) is 25.7 Å². The highest BCUT2D eigenvalue weighted by Gasteiger charge is 2.24. The van der Waals surface area contributed by atoms with Crippen LogP contribution < -0.4 is 4.74 Å². The highest BCUT2D eigenvalue weighted by molar-refractivity contribution is 9.10. The summed E-state index contributed by atoms with van der Waals surface area (Å²) in [6, 6.07) is 13.0. The average molecular weight is 517 g/mol. The van der Waals surface area contributed by atoms with Crippen LogP contribution in [0.25, 0.3) is 11.1 Å². The molecule has 1 heterocycles. The number of benzene rings is 2. The molecule has 2 aromatic rings. The van der Waals surface area contributed by atoms with Crippen molar-refractivity contribution in [1.82, 2.24) is 0 Å². The minimum atomic E-state index is -3.60. The molecular formula is C20H21BrO7S2. The van der Waals surface area contributed by atoms with Gasteiger partial charge in [-0.2, -0.15) is 16.8 Å². The highest BCUT2D eigenvalue weighted by Crippen LogP contribution is 2.45. The summed E-state index contributed by atoms with van der Waals surface area (Å²) >= 11 is 3.47. The summed E-state index contributed by atoms with van der Waals surface area (Å²) in [7, 11) is -7.20. The average Bonchev–Trinajstić information content (AvgIpc) is 2.75. The van der Waals surface area contributed by atoms with E-state index in [0.717, 1.165) is 39.3 Å². The lowest BCUT2D eigenvalue weighted by Gasteiger charge is -2.15. The van der Waals surface area contributed by atoms with E-state index in [1.165, 1.54) is 0 Å². The Bertz CT molecular complexity index is 1190. The van der Waals surface area contributed by atoms with E-state index in [1.54, 1.807) is 0 Å². The second kappa shape index (κ2) is 9.19. The van der Waals surface area contributed by atoms with Crippen LogP contribution in [-0.4, -0.2) is 42.6 Å². The third kappa shape index (κ3) is 6.14. The maximum Gasteiger partial charge on any atom is 0.264 e. The molecule has 162 valence electrons. The molecule has 10 heteroatoms. The Balaban J connectivity index is 2.12. The van der Waals surface area contributed by atoms with E-state index in [2.05, 4.69) is 15.9 Å². The molecule has 7 nitrogen and oxygen atoms in total. The first-order valence-corrected chi connectivity index (χ1v) is 13.4. The normalized spacial score (nSPS) is 14.0. The monoisotopic (exact) mass is 516 g/mol. The summed E-state index contributed by atoms with van der Waals surface area (Å²) in [5.41, 5.74) is 3.17. The molecule has 0 atom stereocenters. The van der Waals surface area contributed by atoms with Crippen LogP contribution in [0.3, 0.4) is 0 Å². The van der Waals surface area contributed by atoms with Crippen molar-refractivity contribution in [3.8, 4) is 11.5 Å². The summed E-state index contributed by atoms with van der Waals surface area (Å²) in [5.74, 6) is 1.23. The molecule has 0 aromatic heterocycles. The molecule has 0 saturated heterocycles. The Hall–Kier alpha value is -1.72. The zero-order chi connectivity index (χ0) is 21.9. The molecule has 0 radical (unpaired) electrons. The number of hydrogen-bond donors (Lipinski definition) is 0. The van der Waals surface area contributed by atoms with Crippen molar-refractivity contribution in [3.05, 3.63) is 58.1 Å². The third-order valence-corrected chi connectivity index (χ3v) is 6.04. The van der Waals surface area contributed by atoms with Gasteiger partial charge in [-0.15, -0.1) is 0 Å². The molecule has 1 aliphatic rings. The lowest BCUT2D eigenvalue weighted by molar-refractivity contribution is 0.327. The van der Waals surface area contributed by atoms with E-state index in [0.29, 0.717) is 11.5 Å². The highest BCUT2D eigenvalue weighted by atomic mass is 79.9. The molecular weight excluding hydrogens is 496 g/mol. The SMILES string of the molecule is CS(=O)(=O)OCCC1=C(CCOS(C)(=O)=O)c2cc(Br)ccc2Oc2ccccc21. The molecule has 0 bridgehead atoms. The van der Waals surface area contributed by atoms with E-state index < -0.39 is 20.2 Å². The van der Waals surface area contributed by atoms with Gasteiger partial charge in [-0.25, -0.2) is 0 Å². The fraction of sp³-hybridized carbons (Fsp3) is 0.300. The van der Waals surface area contributed by atoms with Gasteiger partial charge in [-0.05, 0) is 48.3 Å². The van der Waals surface area contributed by atoms with Crippen molar-refractivity contribution in [3.63, 3.8) is 0 Å². The molecule has 0 unspecified atom stereocenters. The molecule has 3 rings (SSSR count). The minimum Gasteiger partial charge on any atom is -0.456 e. The van der Waals surface area contributed by atoms with Crippen molar-refractivity contribution in [2.45, 2.75) is 12.8 Å². The van der Waals surface area contributed by atoms with E-state index in [4.69, 9.17) is 13.1 Å². The van der Waals surface area contributed by atoms with Crippen LogP contribution in [0.1, 0.15) is 24.0 Å². The molecule has 0 spiro atoms. The van der Waals surface area contributed by atoms with Gasteiger partial charge in [0.2, 0.25) is 0 Å². The number of para-hydroxylation sites is 1. The molecule has 2 aromatic carbocycles. The fourth-order valence-corrected chi connectivity index (χ4v) is 4.37. The Kier molecular flexibility index (Phi) is 7.03. The zero-order valence-corrected chi connectivity index (χ0v) is 19.6. The van der Waals surface area contributed by atoms with Crippen LogP contribution in [-0.2, 0) is 28.6 Å². The van der Waals surface area contributed by atoms with Crippen LogP contribution >= 0.6 is 15.9 Å². The predicted molar refractivity (Wildman–Crippen MR) is 118 cm³/mol. The van der Waals surface area contributed by atoms with E-state index >= 15 is 0 Å². The van der Waals surface area contributed by atoms with Gasteiger partial charge in [-0.1, -0.05) is 34.1 Å². The Morgan fingerprint density at radius 1 is 0.800 bits per heavy atom. The van der Waals surface area contributed by atoms with Crippen LogP contribution in [0, 0.1) is 0 Å². The molecule has 0 saturated carbocycles. The van der Waals surface area contributed by atoms with E-state index in [1.807, 2.05) is 42.5 Å². The topological polar surface area (TPSA) is 96.0 Å². The van der Waals surface area contributed by atoms with Gasteiger partial charge in [0.1, 0.15) is 11.5 Å². The van der Waals surface area contributed by atoms with Gasteiger partial charge >= 0.3 is 0 Å². The second-order valence-electron chi connectivity index (χ2n) is 6.75. The number of rotatable bonds is 8. The Labute approximate surface area is 185 Å². The van der Waals surface area contributed by atoms with Gasteiger partial charge in [0.25, 0.3) is 20.2 Å². The predicted octanol–water partition coefficient (Wildman–Crippen LogP) is 4.20. The molecule has 0 N–H and O–H groups in total. The molecule has 30 heavy (non-hydrogen) atoms. The summed E-state index contributed by atoms with van der Waals surface area (Å²) in [4.78, 5) is 0. The van der Waals surface area contributed by atoms with Crippen molar-refractivity contribution < 1.29 is 29.9 Å². The standard InChI is InChI=1S/C20H21BrO7S2/c1-29(22,23)26-11-9-15-16(10-12-27-30(2,24)25)18-13-14(21)7-8-20(18)28-19-6-4-3-5-17(15)19/h3-8,13H,9-12H2,1-2H3. The van der Waals surface area contributed by atoms with Gasteiger partial charge in [0.15, 0.2) is 0 Å².